The highest BCUT2D eigenvalue weighted by Gasteiger charge is 2.23. The highest BCUT2D eigenvalue weighted by molar-refractivity contribution is 6.31. The van der Waals surface area contributed by atoms with Crippen molar-refractivity contribution in [2.75, 3.05) is 7.11 Å². The Morgan fingerprint density at radius 1 is 1.47 bits per heavy atom. The molecule has 0 spiro atoms. The Kier molecular flexibility index (Phi) is 3.57. The van der Waals surface area contributed by atoms with Crippen molar-refractivity contribution in [1.82, 2.24) is 0 Å². The van der Waals surface area contributed by atoms with Crippen molar-refractivity contribution in [3.05, 3.63) is 34.1 Å². The second-order valence-corrected chi connectivity index (χ2v) is 3.02. The van der Waals surface area contributed by atoms with Gasteiger partial charge in [0.2, 0.25) is 0 Å². The van der Waals surface area contributed by atoms with Crippen LogP contribution in [-0.4, -0.2) is 13.1 Å². The minimum Gasteiger partial charge on any atom is -0.465 e. The van der Waals surface area contributed by atoms with Crippen LogP contribution in [0.1, 0.15) is 22.3 Å². The van der Waals surface area contributed by atoms with Gasteiger partial charge in [-0.25, -0.2) is 18.0 Å². The quantitative estimate of drug-likeness (QED) is 0.740. The number of esters is 1. The molecule has 15 heavy (non-hydrogen) atoms. The van der Waals surface area contributed by atoms with Crippen molar-refractivity contribution in [3.8, 4) is 0 Å². The molecule has 0 heterocycles. The zero-order valence-electron chi connectivity index (χ0n) is 7.56. The Bertz CT molecular complexity index is 393. The number of carbonyl (C=O) groups is 1. The third-order valence-electron chi connectivity index (χ3n) is 1.75. The number of hydrogen-bond donors (Lipinski definition) is 0. The molecule has 1 rings (SSSR count). The molecule has 0 unspecified atom stereocenters. The lowest BCUT2D eigenvalue weighted by atomic mass is 10.1. The van der Waals surface area contributed by atoms with Gasteiger partial charge in [0, 0.05) is 0 Å². The van der Waals surface area contributed by atoms with Gasteiger partial charge in [0.05, 0.1) is 23.3 Å². The largest absolute Gasteiger partial charge is 0.465 e. The Morgan fingerprint density at radius 3 is 2.53 bits per heavy atom. The topological polar surface area (TPSA) is 26.3 Å². The van der Waals surface area contributed by atoms with E-state index in [2.05, 4.69) is 4.74 Å². The number of carbonyl (C=O) groups excluding carboxylic acids is 1. The maximum absolute atomic E-state index is 13.4. The van der Waals surface area contributed by atoms with E-state index in [4.69, 9.17) is 11.6 Å². The molecule has 0 atom stereocenters. The van der Waals surface area contributed by atoms with Gasteiger partial charge >= 0.3 is 5.97 Å². The molecule has 0 bridgehead atoms. The van der Waals surface area contributed by atoms with Crippen LogP contribution < -0.4 is 0 Å². The van der Waals surface area contributed by atoms with Crippen molar-refractivity contribution in [3.63, 3.8) is 0 Å². The third-order valence-corrected chi connectivity index (χ3v) is 2.08. The summed E-state index contributed by atoms with van der Waals surface area (Å²) < 4.78 is 42.3. The summed E-state index contributed by atoms with van der Waals surface area (Å²) in [6.07, 6.45) is -3.08. The summed E-state index contributed by atoms with van der Waals surface area (Å²) >= 11 is 5.37. The lowest BCUT2D eigenvalue weighted by molar-refractivity contribution is 0.0594. The fourth-order valence-corrected chi connectivity index (χ4v) is 1.27. The molecule has 0 amide bonds. The Morgan fingerprint density at radius 2 is 2.07 bits per heavy atom. The summed E-state index contributed by atoms with van der Waals surface area (Å²) in [6, 6.07) is 2.02. The maximum Gasteiger partial charge on any atom is 0.340 e. The number of ether oxygens (including phenoxy) is 1. The summed E-state index contributed by atoms with van der Waals surface area (Å²) in [4.78, 5) is 11.0. The van der Waals surface area contributed by atoms with Crippen LogP contribution in [0.2, 0.25) is 5.02 Å². The smallest absolute Gasteiger partial charge is 0.340 e. The predicted molar refractivity (Wildman–Crippen MR) is 47.7 cm³/mol. The van der Waals surface area contributed by atoms with Gasteiger partial charge in [0.1, 0.15) is 5.82 Å². The standard InChI is InChI=1S/C9H6ClF3O2/c1-15-9(14)4-2-3-5(10)6(7(4)11)8(12)13/h2-3,8H,1H3. The zero-order chi connectivity index (χ0) is 11.6. The highest BCUT2D eigenvalue weighted by Crippen LogP contribution is 2.31. The van der Waals surface area contributed by atoms with Crippen LogP contribution >= 0.6 is 11.6 Å². The summed E-state index contributed by atoms with van der Waals surface area (Å²) in [7, 11) is 1.03. The normalized spacial score (nSPS) is 10.5. The molecule has 6 heteroatoms. The number of hydrogen-bond acceptors (Lipinski definition) is 2. The molecule has 1 aromatic rings. The SMILES string of the molecule is COC(=O)c1ccc(Cl)c(C(F)F)c1F. The summed E-state index contributed by atoms with van der Waals surface area (Å²) in [5, 5.41) is -0.421. The Balaban J connectivity index is 3.35. The number of alkyl halides is 2. The highest BCUT2D eigenvalue weighted by atomic mass is 35.5. The van der Waals surface area contributed by atoms with Crippen LogP contribution in [0.5, 0.6) is 0 Å². The van der Waals surface area contributed by atoms with Crippen LogP contribution in [0.4, 0.5) is 13.2 Å². The zero-order valence-corrected chi connectivity index (χ0v) is 8.32. The van der Waals surface area contributed by atoms with Gasteiger partial charge in [-0.05, 0) is 12.1 Å². The van der Waals surface area contributed by atoms with E-state index in [9.17, 15) is 18.0 Å². The first-order chi connectivity index (χ1) is 6.99. The van der Waals surface area contributed by atoms with Gasteiger partial charge in [0.25, 0.3) is 6.43 Å². The van der Waals surface area contributed by atoms with Gasteiger partial charge in [0.15, 0.2) is 0 Å². The van der Waals surface area contributed by atoms with Gasteiger partial charge < -0.3 is 4.74 Å². The number of benzene rings is 1. The number of rotatable bonds is 2. The van der Waals surface area contributed by atoms with Crippen LogP contribution in [0.25, 0.3) is 0 Å². The van der Waals surface area contributed by atoms with E-state index in [0.29, 0.717) is 0 Å². The van der Waals surface area contributed by atoms with E-state index in [1.54, 1.807) is 0 Å². The average molecular weight is 239 g/mol. The van der Waals surface area contributed by atoms with E-state index in [1.165, 1.54) is 0 Å². The maximum atomic E-state index is 13.4. The predicted octanol–water partition coefficient (Wildman–Crippen LogP) is 3.20. The Hall–Kier alpha value is -1.23. The molecule has 2 nitrogen and oxygen atoms in total. The fourth-order valence-electron chi connectivity index (χ4n) is 1.04. The number of methoxy groups -OCH3 is 1. The molecule has 0 fully saturated rings. The first-order valence-corrected chi connectivity index (χ1v) is 4.21. The van der Waals surface area contributed by atoms with E-state index >= 15 is 0 Å². The number of halogens is 4. The minimum atomic E-state index is -3.08. The fraction of sp³-hybridized carbons (Fsp3) is 0.222. The van der Waals surface area contributed by atoms with E-state index in [1.807, 2.05) is 0 Å². The molecule has 0 N–H and O–H groups in total. The second kappa shape index (κ2) is 4.53. The molecule has 0 aliphatic rings. The first kappa shape index (κ1) is 11.8. The molecule has 0 saturated carbocycles. The van der Waals surface area contributed by atoms with Gasteiger partial charge in [-0.15, -0.1) is 0 Å². The molecule has 0 aliphatic heterocycles. The second-order valence-electron chi connectivity index (χ2n) is 2.61. The molecule has 0 radical (unpaired) electrons. The van der Waals surface area contributed by atoms with Crippen molar-refractivity contribution in [1.29, 1.82) is 0 Å². The van der Waals surface area contributed by atoms with Gasteiger partial charge in [-0.3, -0.25) is 0 Å². The third kappa shape index (κ3) is 2.23. The molecule has 0 aliphatic carbocycles. The summed E-state index contributed by atoms with van der Waals surface area (Å²) in [6.45, 7) is 0. The van der Waals surface area contributed by atoms with Gasteiger partial charge in [-0.1, -0.05) is 11.6 Å². The van der Waals surface area contributed by atoms with Crippen LogP contribution in [0.15, 0.2) is 12.1 Å². The minimum absolute atomic E-state index is 0.421. The van der Waals surface area contributed by atoms with Crippen LogP contribution in [-0.2, 0) is 4.74 Å². The van der Waals surface area contributed by atoms with Crippen LogP contribution in [0.3, 0.4) is 0 Å². The van der Waals surface area contributed by atoms with Crippen molar-refractivity contribution in [2.45, 2.75) is 6.43 Å². The molecule has 82 valence electrons. The molecular weight excluding hydrogens is 233 g/mol. The van der Waals surface area contributed by atoms with Crippen molar-refractivity contribution in [2.24, 2.45) is 0 Å². The summed E-state index contributed by atoms with van der Waals surface area (Å²) in [5.41, 5.74) is -1.54. The van der Waals surface area contributed by atoms with Crippen LogP contribution in [0, 0.1) is 5.82 Å². The van der Waals surface area contributed by atoms with Crippen molar-refractivity contribution >= 4 is 17.6 Å². The monoisotopic (exact) mass is 238 g/mol. The van der Waals surface area contributed by atoms with E-state index in [-0.39, 0.29) is 0 Å². The van der Waals surface area contributed by atoms with Crippen molar-refractivity contribution < 1.29 is 22.7 Å². The molecular formula is C9H6ClF3O2. The van der Waals surface area contributed by atoms with E-state index in [0.717, 1.165) is 19.2 Å². The average Bonchev–Trinajstić information content (AvgIpc) is 2.16. The molecule has 0 aromatic heterocycles. The molecule has 1 aromatic carbocycles. The Labute approximate surface area is 88.6 Å². The lowest BCUT2D eigenvalue weighted by Crippen LogP contribution is -2.07. The molecule has 0 saturated heterocycles. The van der Waals surface area contributed by atoms with Gasteiger partial charge in [-0.2, -0.15) is 0 Å². The first-order valence-electron chi connectivity index (χ1n) is 3.83. The summed E-state index contributed by atoms with van der Waals surface area (Å²) in [5.74, 6) is -2.37. The van der Waals surface area contributed by atoms with E-state index < -0.39 is 34.4 Å². The lowest BCUT2D eigenvalue weighted by Gasteiger charge is -2.07.